The van der Waals surface area contributed by atoms with Gasteiger partial charge in [0.25, 0.3) is 0 Å². The third-order valence-corrected chi connectivity index (χ3v) is 7.40. The zero-order chi connectivity index (χ0) is 26.3. The minimum atomic E-state index is -3.98. The average molecular weight is 567 g/mol. The predicted molar refractivity (Wildman–Crippen MR) is 138 cm³/mol. The first-order valence-corrected chi connectivity index (χ1v) is 13.8. The van der Waals surface area contributed by atoms with Crippen LogP contribution in [-0.2, 0) is 26.2 Å². The fraction of sp³-hybridized carbons (Fsp3) is 0.391. The number of sulfonamides is 1. The van der Waals surface area contributed by atoms with Crippen LogP contribution in [-0.4, -0.2) is 50.5 Å². The Labute approximate surface area is 220 Å². The molecule has 7 nitrogen and oxygen atoms in total. The van der Waals surface area contributed by atoms with Gasteiger partial charge in [-0.1, -0.05) is 54.2 Å². The van der Waals surface area contributed by atoms with E-state index in [1.165, 1.54) is 17.9 Å². The molecule has 0 saturated carbocycles. The van der Waals surface area contributed by atoms with E-state index in [0.717, 1.165) is 35.5 Å². The van der Waals surface area contributed by atoms with Crippen molar-refractivity contribution in [2.24, 2.45) is 0 Å². The number of amides is 2. The van der Waals surface area contributed by atoms with Gasteiger partial charge in [0, 0.05) is 28.7 Å². The number of hydrogen-bond acceptors (Lipinski definition) is 4. The van der Waals surface area contributed by atoms with Crippen LogP contribution in [0.25, 0.3) is 0 Å². The summed E-state index contributed by atoms with van der Waals surface area (Å²) in [6, 6.07) is 7.19. The number of carbonyl (C=O) groups is 2. The Hall–Kier alpha value is -2.07. The average Bonchev–Trinajstić information content (AvgIpc) is 2.78. The molecule has 0 aliphatic heterocycles. The van der Waals surface area contributed by atoms with Crippen molar-refractivity contribution < 1.29 is 22.4 Å². The van der Waals surface area contributed by atoms with Crippen molar-refractivity contribution in [3.8, 4) is 0 Å². The molecule has 35 heavy (non-hydrogen) atoms. The molecule has 0 radical (unpaired) electrons. The van der Waals surface area contributed by atoms with E-state index in [0.29, 0.717) is 22.2 Å². The fourth-order valence-corrected chi connectivity index (χ4v) is 4.76. The summed E-state index contributed by atoms with van der Waals surface area (Å²) in [6.45, 7) is 3.14. The maximum Gasteiger partial charge on any atom is 0.244 e. The van der Waals surface area contributed by atoms with Gasteiger partial charge in [-0.2, -0.15) is 0 Å². The van der Waals surface area contributed by atoms with E-state index in [1.807, 2.05) is 6.92 Å². The molecule has 12 heteroatoms. The van der Waals surface area contributed by atoms with Crippen LogP contribution in [0.15, 0.2) is 36.4 Å². The highest BCUT2D eigenvalue weighted by atomic mass is 35.5. The second-order valence-corrected chi connectivity index (χ2v) is 11.0. The largest absolute Gasteiger partial charge is 0.354 e. The molecule has 2 amide bonds. The molecular formula is C23H27Cl3FN3O4S. The van der Waals surface area contributed by atoms with Crippen LogP contribution in [0.5, 0.6) is 0 Å². The molecule has 0 heterocycles. The highest BCUT2D eigenvalue weighted by Crippen LogP contribution is 2.28. The Bertz CT molecular complexity index is 1160. The van der Waals surface area contributed by atoms with Gasteiger partial charge in [-0.05, 0) is 43.7 Å². The highest BCUT2D eigenvalue weighted by Gasteiger charge is 2.31. The van der Waals surface area contributed by atoms with Gasteiger partial charge in [-0.3, -0.25) is 13.9 Å². The third-order valence-electron chi connectivity index (χ3n) is 5.26. The summed E-state index contributed by atoms with van der Waals surface area (Å²) in [6.07, 6.45) is 2.54. The van der Waals surface area contributed by atoms with Crippen molar-refractivity contribution in [3.05, 3.63) is 62.8 Å². The number of hydrogen-bond donors (Lipinski definition) is 1. The van der Waals surface area contributed by atoms with Crippen molar-refractivity contribution in [3.63, 3.8) is 0 Å². The van der Waals surface area contributed by atoms with Gasteiger partial charge >= 0.3 is 0 Å². The quantitative estimate of drug-likeness (QED) is 0.393. The van der Waals surface area contributed by atoms with E-state index in [4.69, 9.17) is 34.8 Å². The Balaban J connectivity index is 2.43. The molecule has 1 N–H and O–H groups in total. The second-order valence-electron chi connectivity index (χ2n) is 7.91. The maximum atomic E-state index is 13.6. The third kappa shape index (κ3) is 7.96. The molecule has 2 aromatic carbocycles. The van der Waals surface area contributed by atoms with Crippen molar-refractivity contribution >= 4 is 62.3 Å². The number of nitrogens with zero attached hydrogens (tertiary/aromatic N) is 2. The lowest BCUT2D eigenvalue weighted by molar-refractivity contribution is -0.139. The van der Waals surface area contributed by atoms with Crippen LogP contribution >= 0.6 is 34.8 Å². The van der Waals surface area contributed by atoms with Crippen molar-refractivity contribution in [2.75, 3.05) is 23.7 Å². The Morgan fingerprint density at radius 3 is 2.26 bits per heavy atom. The number of halogens is 4. The van der Waals surface area contributed by atoms with E-state index in [2.05, 4.69) is 5.32 Å². The van der Waals surface area contributed by atoms with Crippen LogP contribution in [0.3, 0.4) is 0 Å². The molecular weight excluding hydrogens is 540 g/mol. The lowest BCUT2D eigenvalue weighted by atomic mass is 10.1. The summed E-state index contributed by atoms with van der Waals surface area (Å²) in [5.74, 6) is -1.83. The number of unbranched alkanes of at least 4 members (excludes halogenated alkanes) is 1. The molecule has 0 saturated heterocycles. The van der Waals surface area contributed by atoms with Crippen LogP contribution in [0.2, 0.25) is 15.1 Å². The Morgan fingerprint density at radius 2 is 1.71 bits per heavy atom. The minimum absolute atomic E-state index is 0.00280. The first-order chi connectivity index (χ1) is 16.4. The molecule has 0 fully saturated rings. The summed E-state index contributed by atoms with van der Waals surface area (Å²) in [4.78, 5) is 27.5. The predicted octanol–water partition coefficient (Wildman–Crippen LogP) is 4.89. The Kier molecular flexibility index (Phi) is 10.6. The van der Waals surface area contributed by atoms with E-state index in [1.54, 1.807) is 18.2 Å². The van der Waals surface area contributed by atoms with E-state index >= 15 is 0 Å². The summed E-state index contributed by atoms with van der Waals surface area (Å²) >= 11 is 18.4. The standard InChI is InChI=1S/C23H27Cl3FN3O4S/c1-4-5-11-28-23(32)15(2)29(13-17-18(24)7-6-8-19(17)25)22(31)14-30(35(3,33)34)16-9-10-21(27)20(26)12-16/h6-10,12,15H,4-5,11,13-14H2,1-3H3,(H,28,32). The number of nitrogens with one attached hydrogen (secondary N) is 1. The van der Waals surface area contributed by atoms with Crippen LogP contribution in [0.1, 0.15) is 32.3 Å². The van der Waals surface area contributed by atoms with Gasteiger partial charge in [-0.15, -0.1) is 0 Å². The second kappa shape index (κ2) is 12.8. The molecule has 0 spiro atoms. The van der Waals surface area contributed by atoms with E-state index in [-0.39, 0.29) is 17.3 Å². The molecule has 0 aliphatic rings. The Morgan fingerprint density at radius 1 is 1.09 bits per heavy atom. The zero-order valence-electron chi connectivity index (χ0n) is 19.5. The smallest absolute Gasteiger partial charge is 0.244 e. The molecule has 1 unspecified atom stereocenters. The molecule has 1 atom stereocenters. The van der Waals surface area contributed by atoms with Crippen molar-refractivity contribution in [1.82, 2.24) is 10.2 Å². The summed E-state index contributed by atoms with van der Waals surface area (Å²) in [7, 11) is -3.98. The maximum absolute atomic E-state index is 13.6. The number of rotatable bonds is 11. The van der Waals surface area contributed by atoms with Gasteiger partial charge in [0.1, 0.15) is 18.4 Å². The first kappa shape index (κ1) is 29.2. The topological polar surface area (TPSA) is 86.8 Å². The van der Waals surface area contributed by atoms with Gasteiger partial charge in [0.2, 0.25) is 21.8 Å². The molecule has 2 aromatic rings. The number of carbonyl (C=O) groups excluding carboxylic acids is 2. The lowest BCUT2D eigenvalue weighted by Gasteiger charge is -2.32. The van der Waals surface area contributed by atoms with Crippen molar-refractivity contribution in [1.29, 1.82) is 0 Å². The van der Waals surface area contributed by atoms with E-state index < -0.39 is 40.2 Å². The monoisotopic (exact) mass is 565 g/mol. The summed E-state index contributed by atoms with van der Waals surface area (Å²) in [5.41, 5.74) is 0.413. The lowest BCUT2D eigenvalue weighted by Crippen LogP contribution is -2.51. The summed E-state index contributed by atoms with van der Waals surface area (Å²) in [5, 5.41) is 3.06. The van der Waals surface area contributed by atoms with Gasteiger partial charge < -0.3 is 10.2 Å². The number of anilines is 1. The van der Waals surface area contributed by atoms with Crippen LogP contribution in [0, 0.1) is 5.82 Å². The minimum Gasteiger partial charge on any atom is -0.354 e. The van der Waals surface area contributed by atoms with Gasteiger partial charge in [0.15, 0.2) is 0 Å². The zero-order valence-corrected chi connectivity index (χ0v) is 22.6. The molecule has 0 aromatic heterocycles. The first-order valence-electron chi connectivity index (χ1n) is 10.8. The molecule has 192 valence electrons. The van der Waals surface area contributed by atoms with Gasteiger partial charge in [0.05, 0.1) is 17.0 Å². The number of benzene rings is 2. The fourth-order valence-electron chi connectivity index (χ4n) is 3.23. The molecule has 0 aliphatic carbocycles. The summed E-state index contributed by atoms with van der Waals surface area (Å²) < 4.78 is 39.5. The van der Waals surface area contributed by atoms with Gasteiger partial charge in [-0.25, -0.2) is 12.8 Å². The van der Waals surface area contributed by atoms with E-state index in [9.17, 15) is 22.4 Å². The van der Waals surface area contributed by atoms with Crippen molar-refractivity contribution in [2.45, 2.75) is 39.3 Å². The molecule has 0 bridgehead atoms. The van der Waals surface area contributed by atoms with Crippen LogP contribution in [0.4, 0.5) is 10.1 Å². The normalized spacial score (nSPS) is 12.2. The highest BCUT2D eigenvalue weighted by molar-refractivity contribution is 7.92. The molecule has 2 rings (SSSR count). The SMILES string of the molecule is CCCCNC(=O)C(C)N(Cc1c(Cl)cccc1Cl)C(=O)CN(c1ccc(F)c(Cl)c1)S(C)(=O)=O. The van der Waals surface area contributed by atoms with Crippen LogP contribution < -0.4 is 9.62 Å².